The minimum absolute atomic E-state index is 0. The van der Waals surface area contributed by atoms with Crippen LogP contribution in [0.15, 0.2) is 109 Å². The Labute approximate surface area is 489 Å². The minimum Gasteiger partial charge on any atom is -0.481 e. The maximum absolute atomic E-state index is 13.8. The maximum atomic E-state index is 13.8. The molecule has 418 valence electrons. The first-order valence-corrected chi connectivity index (χ1v) is 28.2. The molecule has 0 unspecified atom stereocenters. The number of rotatable bonds is 22. The molecule has 79 heavy (non-hydrogen) atoms. The molecule has 0 spiro atoms. The van der Waals surface area contributed by atoms with E-state index in [0.29, 0.717) is 67.5 Å². The number of aliphatic carboxylic acids is 2. The molecule has 23 heteroatoms. The van der Waals surface area contributed by atoms with Crippen LogP contribution in [0.2, 0.25) is 0 Å². The van der Waals surface area contributed by atoms with E-state index in [4.69, 9.17) is 10.2 Å². The van der Waals surface area contributed by atoms with Gasteiger partial charge in [0.1, 0.15) is 11.6 Å². The van der Waals surface area contributed by atoms with Gasteiger partial charge >= 0.3 is 11.9 Å². The van der Waals surface area contributed by atoms with E-state index in [1.54, 1.807) is 74.5 Å². The van der Waals surface area contributed by atoms with E-state index >= 15 is 0 Å². The Morgan fingerprint density at radius 1 is 0.544 bits per heavy atom. The summed E-state index contributed by atoms with van der Waals surface area (Å²) in [6.07, 6.45) is 1.68. The predicted octanol–water partition coefficient (Wildman–Crippen LogP) is 8.44. The number of nitrogens with zero attached hydrogens (tertiary/aromatic N) is 6. The molecule has 0 amide bonds. The van der Waals surface area contributed by atoms with E-state index < -0.39 is 80.9 Å². The van der Waals surface area contributed by atoms with Crippen LogP contribution >= 0.6 is 0 Å². The number of carbonyl (C=O) groups is 2. The molecule has 6 aromatic rings. The van der Waals surface area contributed by atoms with Crippen LogP contribution in [-0.2, 0) is 29.6 Å². The molecular weight excluding hydrogens is 1090 g/mol. The summed E-state index contributed by atoms with van der Waals surface area (Å²) in [5.41, 5.74) is 5.59. The van der Waals surface area contributed by atoms with Gasteiger partial charge in [-0.15, -0.1) is 0 Å². The van der Waals surface area contributed by atoms with Crippen molar-refractivity contribution in [3.63, 3.8) is 0 Å². The molecule has 0 fully saturated rings. The Bertz CT molecular complexity index is 3150. The number of aromatic nitrogens is 4. The number of aliphatic hydroxyl groups excluding tert-OH is 4. The molecule has 2 heterocycles. The molecular formula is C56H64CaF2N6O12S2. The van der Waals surface area contributed by atoms with Gasteiger partial charge in [-0.2, -0.15) is 0 Å². The summed E-state index contributed by atoms with van der Waals surface area (Å²) in [5.74, 6) is -3.93. The van der Waals surface area contributed by atoms with Gasteiger partial charge in [-0.25, -0.2) is 54.2 Å². The Kier molecular flexibility index (Phi) is 23.9. The number of para-hydroxylation sites is 2. The first-order chi connectivity index (χ1) is 36.5. The van der Waals surface area contributed by atoms with E-state index in [2.05, 4.69) is 19.9 Å². The molecule has 0 aliphatic rings. The van der Waals surface area contributed by atoms with E-state index in [1.807, 2.05) is 27.7 Å². The van der Waals surface area contributed by atoms with Gasteiger partial charge in [0.05, 0.1) is 83.9 Å². The van der Waals surface area contributed by atoms with Gasteiger partial charge in [0.25, 0.3) is 0 Å². The standard InChI is InChI=1S/2C28H32FN3O6S.Ca/c2*1-17(2)26-23(14-13-21(33)15-22(34)16-25(35)36)27(19-9-11-20(29)12-10-19)31-28(30-26)32(39(4,37)38)24-8-6-5-7-18(24)3;/h2*5-14,17,21-22,33-34H,15-16H2,1-4H3,(H,35,36);/t2*21-,22-;/m11./s1. The third-order valence-electron chi connectivity index (χ3n) is 11.8. The summed E-state index contributed by atoms with van der Waals surface area (Å²) in [5, 5.41) is 58.4. The summed E-state index contributed by atoms with van der Waals surface area (Å²) in [7, 11) is -7.78. The summed E-state index contributed by atoms with van der Waals surface area (Å²) in [6.45, 7) is 11.0. The number of hydrogen-bond acceptors (Lipinski definition) is 14. The van der Waals surface area contributed by atoms with Gasteiger partial charge in [-0.05, 0) is 97.5 Å². The van der Waals surface area contributed by atoms with E-state index in [-0.39, 0.29) is 74.3 Å². The zero-order chi connectivity index (χ0) is 57.8. The number of halogens is 2. The van der Waals surface area contributed by atoms with Crippen molar-refractivity contribution in [2.75, 3.05) is 21.1 Å². The van der Waals surface area contributed by atoms with Crippen LogP contribution in [-0.4, -0.2) is 154 Å². The Morgan fingerprint density at radius 3 is 1.14 bits per heavy atom. The van der Waals surface area contributed by atoms with Crippen molar-refractivity contribution in [1.29, 1.82) is 0 Å². The van der Waals surface area contributed by atoms with Crippen molar-refractivity contribution >= 4 is 105 Å². The van der Waals surface area contributed by atoms with Gasteiger partial charge in [-0.1, -0.05) is 88.4 Å². The predicted molar refractivity (Wildman–Crippen MR) is 301 cm³/mol. The molecule has 0 saturated heterocycles. The molecule has 2 radical (unpaired) electrons. The van der Waals surface area contributed by atoms with Crippen LogP contribution in [0, 0.1) is 25.5 Å². The van der Waals surface area contributed by atoms with Crippen LogP contribution < -0.4 is 8.61 Å². The zero-order valence-electron chi connectivity index (χ0n) is 44.9. The third kappa shape index (κ3) is 18.5. The smallest absolute Gasteiger partial charge is 0.305 e. The second-order valence-electron chi connectivity index (χ2n) is 19.1. The Morgan fingerprint density at radius 2 is 0.861 bits per heavy atom. The van der Waals surface area contributed by atoms with Crippen molar-refractivity contribution in [2.24, 2.45) is 0 Å². The van der Waals surface area contributed by atoms with E-state index in [9.17, 15) is 55.6 Å². The summed E-state index contributed by atoms with van der Waals surface area (Å²) in [4.78, 5) is 40.2. The van der Waals surface area contributed by atoms with Crippen LogP contribution in [0.4, 0.5) is 32.1 Å². The number of aryl methyl sites for hydroxylation is 2. The molecule has 6 rings (SSSR count). The fourth-order valence-electron chi connectivity index (χ4n) is 8.15. The van der Waals surface area contributed by atoms with Crippen LogP contribution in [0.3, 0.4) is 0 Å². The molecule has 4 atom stereocenters. The molecule has 0 aliphatic heterocycles. The maximum Gasteiger partial charge on any atom is 0.305 e. The second-order valence-corrected chi connectivity index (χ2v) is 22.8. The van der Waals surface area contributed by atoms with Crippen LogP contribution in [0.25, 0.3) is 34.7 Å². The molecule has 2 aromatic heterocycles. The normalized spacial score (nSPS) is 13.4. The molecule has 0 saturated carbocycles. The number of aliphatic hydroxyl groups is 4. The van der Waals surface area contributed by atoms with Crippen molar-refractivity contribution in [3.8, 4) is 22.5 Å². The fourth-order valence-corrected chi connectivity index (χ4v) is 10.0. The van der Waals surface area contributed by atoms with Crippen molar-refractivity contribution < 1.29 is 65.8 Å². The first-order valence-electron chi connectivity index (χ1n) is 24.5. The van der Waals surface area contributed by atoms with Crippen LogP contribution in [0.1, 0.15) is 98.9 Å². The van der Waals surface area contributed by atoms with Gasteiger partial charge in [0, 0.05) is 72.8 Å². The van der Waals surface area contributed by atoms with Crippen LogP contribution in [0.5, 0.6) is 0 Å². The average Bonchev–Trinajstić information content (AvgIpc) is 3.34. The minimum atomic E-state index is -3.89. The van der Waals surface area contributed by atoms with Gasteiger partial charge in [0.2, 0.25) is 31.9 Å². The zero-order valence-corrected chi connectivity index (χ0v) is 48.8. The van der Waals surface area contributed by atoms with Gasteiger partial charge in [0.15, 0.2) is 0 Å². The quantitative estimate of drug-likeness (QED) is 0.0348. The second kappa shape index (κ2) is 28.9. The molecule has 18 nitrogen and oxygen atoms in total. The Hall–Kier alpha value is -6.08. The summed E-state index contributed by atoms with van der Waals surface area (Å²) in [6, 6.07) is 24.9. The monoisotopic (exact) mass is 1150 g/mol. The molecule has 6 N–H and O–H groups in total. The number of anilines is 4. The van der Waals surface area contributed by atoms with Crippen molar-refractivity contribution in [3.05, 3.63) is 154 Å². The van der Waals surface area contributed by atoms with E-state index in [0.717, 1.165) is 21.1 Å². The fraction of sp³-hybridized carbons (Fsp3) is 0.321. The van der Waals surface area contributed by atoms with E-state index in [1.165, 1.54) is 60.7 Å². The van der Waals surface area contributed by atoms with Gasteiger partial charge in [-0.3, -0.25) is 9.59 Å². The Balaban J connectivity index is 0.000000336. The van der Waals surface area contributed by atoms with Crippen molar-refractivity contribution in [2.45, 2.75) is 103 Å². The summed E-state index contributed by atoms with van der Waals surface area (Å²) < 4.78 is 81.8. The third-order valence-corrected chi connectivity index (χ3v) is 13.8. The largest absolute Gasteiger partial charge is 0.481 e. The van der Waals surface area contributed by atoms with Crippen molar-refractivity contribution in [1.82, 2.24) is 19.9 Å². The summed E-state index contributed by atoms with van der Waals surface area (Å²) >= 11 is 0. The first kappa shape index (κ1) is 65.4. The number of benzene rings is 4. The number of carboxylic acid groups (broad SMARTS) is 2. The van der Waals surface area contributed by atoms with Gasteiger partial charge < -0.3 is 30.6 Å². The topological polar surface area (TPSA) is 282 Å². The SMILES string of the molecule is Cc1ccccc1N(c1nc(-c2ccc(F)cc2)c(C=C[C@@H](O)C[C@@H](O)CC(=O)O)c(C(C)C)n1)S(C)(=O)=O.Cc1ccccc1N(c1nc(-c2ccc(F)cc2)c(C=C[C@@H](O)C[C@@H](O)CC(=O)O)c(C(C)C)n1)S(C)(=O)=O.[Ca]. The number of carboxylic acids is 2. The molecule has 0 aliphatic carbocycles. The molecule has 4 aromatic carbocycles. The number of sulfonamides is 2. The molecule has 0 bridgehead atoms. The average molecular weight is 1160 g/mol. The number of hydrogen-bond donors (Lipinski definition) is 6.